The molecule has 9 heteroatoms. The third-order valence-electron chi connectivity index (χ3n) is 3.47. The van der Waals surface area contributed by atoms with Gasteiger partial charge in [0.25, 0.3) is 10.0 Å². The molecule has 0 aliphatic carbocycles. The Morgan fingerprint density at radius 1 is 1.08 bits per heavy atom. The summed E-state index contributed by atoms with van der Waals surface area (Å²) in [6, 6.07) is 9.77. The van der Waals surface area contributed by atoms with E-state index in [0.717, 1.165) is 12.2 Å². The van der Waals surface area contributed by atoms with E-state index in [2.05, 4.69) is 5.32 Å². The normalized spacial score (nSPS) is 11.0. The summed E-state index contributed by atoms with van der Waals surface area (Å²) < 4.78 is 26.5. The minimum atomic E-state index is -3.99. The molecule has 2 rings (SSSR count). The van der Waals surface area contributed by atoms with E-state index in [4.69, 9.17) is 23.2 Å². The van der Waals surface area contributed by atoms with Gasteiger partial charge < -0.3 is 10.2 Å². The Morgan fingerprint density at radius 2 is 1.72 bits per heavy atom. The van der Waals surface area contributed by atoms with E-state index in [9.17, 15) is 13.2 Å². The first-order chi connectivity index (χ1) is 11.7. The van der Waals surface area contributed by atoms with Gasteiger partial charge in [0.2, 0.25) is 0 Å². The number of hydrogen-bond donors (Lipinski definition) is 2. The molecular weight excluding hydrogens is 385 g/mol. The van der Waals surface area contributed by atoms with Gasteiger partial charge in [0.15, 0.2) is 0 Å². The smallest absolute Gasteiger partial charge is 0.333 e. The van der Waals surface area contributed by atoms with E-state index in [1.165, 1.54) is 30.3 Å². The molecular formula is C16H17Cl2N3O3S. The van der Waals surface area contributed by atoms with Crippen LogP contribution in [0.15, 0.2) is 47.4 Å². The predicted molar refractivity (Wildman–Crippen MR) is 101 cm³/mol. The topological polar surface area (TPSA) is 78.5 Å². The maximum Gasteiger partial charge on any atom is 0.333 e. The van der Waals surface area contributed by atoms with Crippen molar-refractivity contribution in [2.45, 2.75) is 11.8 Å². The highest BCUT2D eigenvalue weighted by Gasteiger charge is 2.18. The van der Waals surface area contributed by atoms with Crippen LogP contribution in [0.3, 0.4) is 0 Å². The number of rotatable bonds is 5. The second kappa shape index (κ2) is 7.95. The molecule has 0 fully saturated rings. The minimum absolute atomic E-state index is 0.00922. The average Bonchev–Trinajstić information content (AvgIpc) is 2.57. The van der Waals surface area contributed by atoms with Crippen molar-refractivity contribution in [3.63, 3.8) is 0 Å². The first kappa shape index (κ1) is 19.4. The van der Waals surface area contributed by atoms with Gasteiger partial charge in [-0.15, -0.1) is 0 Å². The van der Waals surface area contributed by atoms with Crippen molar-refractivity contribution in [1.82, 2.24) is 4.72 Å². The minimum Gasteiger partial charge on any atom is -0.375 e. The number of amides is 2. The van der Waals surface area contributed by atoms with Crippen LogP contribution in [0.4, 0.5) is 16.2 Å². The Hall–Kier alpha value is -1.96. The van der Waals surface area contributed by atoms with Gasteiger partial charge in [-0.05, 0) is 49.4 Å². The van der Waals surface area contributed by atoms with Crippen molar-refractivity contribution in [2.24, 2.45) is 0 Å². The van der Waals surface area contributed by atoms with Crippen LogP contribution in [0, 0.1) is 0 Å². The van der Waals surface area contributed by atoms with Crippen LogP contribution in [0.2, 0.25) is 10.0 Å². The fourth-order valence-corrected chi connectivity index (χ4v) is 3.18. The monoisotopic (exact) mass is 401 g/mol. The zero-order chi connectivity index (χ0) is 18.6. The average molecular weight is 402 g/mol. The first-order valence-electron chi connectivity index (χ1n) is 7.33. The lowest BCUT2D eigenvalue weighted by atomic mass is 10.3. The van der Waals surface area contributed by atoms with E-state index < -0.39 is 16.1 Å². The van der Waals surface area contributed by atoms with E-state index in [0.29, 0.717) is 10.7 Å². The molecule has 0 aliphatic rings. The summed E-state index contributed by atoms with van der Waals surface area (Å²) in [5, 5.41) is 2.97. The van der Waals surface area contributed by atoms with Crippen LogP contribution in [-0.4, -0.2) is 28.0 Å². The van der Waals surface area contributed by atoms with E-state index in [1.54, 1.807) is 12.1 Å². The highest BCUT2D eigenvalue weighted by atomic mass is 35.5. The molecule has 0 aliphatic heterocycles. The fraction of sp³-hybridized carbons (Fsp3) is 0.188. The predicted octanol–water partition coefficient (Wildman–Crippen LogP) is 3.96. The molecule has 0 saturated heterocycles. The maximum atomic E-state index is 12.3. The van der Waals surface area contributed by atoms with Gasteiger partial charge in [-0.3, -0.25) is 0 Å². The number of nitrogens with zero attached hydrogens (tertiary/aromatic N) is 1. The summed E-state index contributed by atoms with van der Waals surface area (Å²) in [5.41, 5.74) is 1.20. The summed E-state index contributed by atoms with van der Waals surface area (Å²) in [4.78, 5) is 13.9. The molecule has 0 aromatic heterocycles. The van der Waals surface area contributed by atoms with E-state index in [-0.39, 0.29) is 9.92 Å². The van der Waals surface area contributed by atoms with Gasteiger partial charge in [-0.2, -0.15) is 0 Å². The third kappa shape index (κ3) is 5.01. The molecule has 2 aromatic carbocycles. The summed E-state index contributed by atoms with van der Waals surface area (Å²) >= 11 is 11.6. The molecule has 2 N–H and O–H groups in total. The Labute approximate surface area is 156 Å². The van der Waals surface area contributed by atoms with E-state index >= 15 is 0 Å². The molecule has 2 aromatic rings. The van der Waals surface area contributed by atoms with Crippen molar-refractivity contribution in [3.8, 4) is 0 Å². The van der Waals surface area contributed by atoms with Gasteiger partial charge >= 0.3 is 6.03 Å². The van der Waals surface area contributed by atoms with Crippen LogP contribution >= 0.6 is 23.2 Å². The van der Waals surface area contributed by atoms with Crippen molar-refractivity contribution in [2.75, 3.05) is 23.8 Å². The fourth-order valence-electron chi connectivity index (χ4n) is 1.97. The second-order valence-electron chi connectivity index (χ2n) is 5.20. The van der Waals surface area contributed by atoms with Crippen LogP contribution in [0.1, 0.15) is 6.92 Å². The summed E-state index contributed by atoms with van der Waals surface area (Å²) in [6.07, 6.45) is 0. The zero-order valence-electron chi connectivity index (χ0n) is 13.6. The molecule has 0 saturated carbocycles. The lowest BCUT2D eigenvalue weighted by Gasteiger charge is -2.17. The molecule has 6 nitrogen and oxygen atoms in total. The van der Waals surface area contributed by atoms with Gasteiger partial charge in [0, 0.05) is 25.0 Å². The van der Waals surface area contributed by atoms with Crippen LogP contribution < -0.4 is 14.9 Å². The Morgan fingerprint density at radius 3 is 2.28 bits per heavy atom. The van der Waals surface area contributed by atoms with Crippen LogP contribution in [0.25, 0.3) is 0 Å². The van der Waals surface area contributed by atoms with Gasteiger partial charge in [-0.1, -0.05) is 23.2 Å². The number of urea groups is 1. The number of hydrogen-bond acceptors (Lipinski definition) is 4. The van der Waals surface area contributed by atoms with Gasteiger partial charge in [0.05, 0.1) is 14.9 Å². The summed E-state index contributed by atoms with van der Waals surface area (Å²) in [5.74, 6) is 0. The molecule has 0 spiro atoms. The lowest BCUT2D eigenvalue weighted by molar-refractivity contribution is 0.256. The zero-order valence-corrected chi connectivity index (χ0v) is 15.9. The molecule has 0 radical (unpaired) electrons. The number of benzene rings is 2. The van der Waals surface area contributed by atoms with Crippen molar-refractivity contribution >= 4 is 50.6 Å². The number of halogens is 2. The van der Waals surface area contributed by atoms with Crippen molar-refractivity contribution < 1.29 is 13.2 Å². The molecule has 134 valence electrons. The highest BCUT2D eigenvalue weighted by molar-refractivity contribution is 7.90. The van der Waals surface area contributed by atoms with Crippen molar-refractivity contribution in [1.29, 1.82) is 0 Å². The number of sulfonamides is 1. The third-order valence-corrected chi connectivity index (χ3v) is 5.55. The highest BCUT2D eigenvalue weighted by Crippen LogP contribution is 2.25. The Bertz CT molecular complexity index is 871. The van der Waals surface area contributed by atoms with Crippen molar-refractivity contribution in [3.05, 3.63) is 52.5 Å². The maximum absolute atomic E-state index is 12.3. The molecule has 0 heterocycles. The number of anilines is 2. The first-order valence-corrected chi connectivity index (χ1v) is 9.57. The van der Waals surface area contributed by atoms with Crippen LogP contribution in [-0.2, 0) is 10.0 Å². The largest absolute Gasteiger partial charge is 0.375 e. The molecule has 25 heavy (non-hydrogen) atoms. The molecule has 0 atom stereocenters. The van der Waals surface area contributed by atoms with Gasteiger partial charge in [0.1, 0.15) is 0 Å². The standard InChI is InChI=1S/C16H17Cl2N3O3S/c1-3-21(2)12-5-7-13(8-6-12)25(23,24)20-16(22)19-11-4-9-14(17)15(18)10-11/h4-10H,3H2,1-2H3,(H2,19,20,22). The molecule has 0 unspecified atom stereocenters. The Kier molecular flexibility index (Phi) is 6.16. The lowest BCUT2D eigenvalue weighted by Crippen LogP contribution is -2.34. The summed E-state index contributed by atoms with van der Waals surface area (Å²) in [7, 11) is -2.09. The number of carbonyl (C=O) groups is 1. The van der Waals surface area contributed by atoms with E-state index in [1.807, 2.05) is 23.6 Å². The summed E-state index contributed by atoms with van der Waals surface area (Å²) in [6.45, 7) is 2.77. The molecule has 0 bridgehead atoms. The number of nitrogens with one attached hydrogen (secondary N) is 2. The van der Waals surface area contributed by atoms with Gasteiger partial charge in [-0.25, -0.2) is 17.9 Å². The quantitative estimate of drug-likeness (QED) is 0.794. The SMILES string of the molecule is CCN(C)c1ccc(S(=O)(=O)NC(=O)Nc2ccc(Cl)c(Cl)c2)cc1. The molecule has 2 amide bonds. The Balaban J connectivity index is 2.09. The van der Waals surface area contributed by atoms with Crippen LogP contribution in [0.5, 0.6) is 0 Å². The second-order valence-corrected chi connectivity index (χ2v) is 7.69. The number of carbonyl (C=O) groups excluding carboxylic acids is 1.